The van der Waals surface area contributed by atoms with Crippen molar-refractivity contribution in [2.24, 2.45) is 16.5 Å². The summed E-state index contributed by atoms with van der Waals surface area (Å²) >= 11 is 0. The van der Waals surface area contributed by atoms with Crippen molar-refractivity contribution in [2.45, 2.75) is 24.4 Å². The number of nitrogens with zero attached hydrogens (tertiary/aromatic N) is 1. The number of rotatable bonds is 10. The van der Waals surface area contributed by atoms with Crippen molar-refractivity contribution >= 4 is 17.8 Å². The second-order valence-corrected chi connectivity index (χ2v) is 4.67. The zero-order valence-corrected chi connectivity index (χ0v) is 13.3. The number of methoxy groups -OCH3 is 1. The Morgan fingerprint density at radius 3 is 2.17 bits per heavy atom. The first-order valence-corrected chi connectivity index (χ1v) is 7.07. The van der Waals surface area contributed by atoms with E-state index in [1.54, 1.807) is 0 Å². The second kappa shape index (κ2) is 11.5. The van der Waals surface area contributed by atoms with Crippen molar-refractivity contribution in [1.82, 2.24) is 10.6 Å². The molecule has 0 saturated heterocycles. The van der Waals surface area contributed by atoms with Crippen LogP contribution in [0.3, 0.4) is 0 Å². The molecule has 0 radical (unpaired) electrons. The van der Waals surface area contributed by atoms with Gasteiger partial charge in [-0.2, -0.15) is 0 Å². The summed E-state index contributed by atoms with van der Waals surface area (Å²) in [5, 5.41) is 43.1. The SMILES string of the molecule is COC(=O)[C@H](O)[C@@H](O)[C@@H](O)[C@H](O)C(=O)NCCNC(N)=NCCN. The largest absolute Gasteiger partial charge is 0.467 e. The topological polar surface area (TPSA) is 213 Å². The van der Waals surface area contributed by atoms with Gasteiger partial charge in [-0.3, -0.25) is 9.79 Å². The van der Waals surface area contributed by atoms with Gasteiger partial charge in [-0.15, -0.1) is 0 Å². The van der Waals surface area contributed by atoms with E-state index in [1.807, 2.05) is 0 Å². The van der Waals surface area contributed by atoms with E-state index in [0.29, 0.717) is 13.1 Å². The Morgan fingerprint density at radius 1 is 1.08 bits per heavy atom. The summed E-state index contributed by atoms with van der Waals surface area (Å²) < 4.78 is 4.17. The highest BCUT2D eigenvalue weighted by atomic mass is 16.5. The molecule has 0 aliphatic heterocycles. The van der Waals surface area contributed by atoms with Gasteiger partial charge in [0.25, 0.3) is 5.91 Å². The van der Waals surface area contributed by atoms with Crippen LogP contribution in [-0.2, 0) is 14.3 Å². The Hall–Kier alpha value is -1.99. The summed E-state index contributed by atoms with van der Waals surface area (Å²) in [6.45, 7) is 0.887. The van der Waals surface area contributed by atoms with Crippen LogP contribution < -0.4 is 22.1 Å². The molecule has 0 aromatic carbocycles. The Balaban J connectivity index is 4.28. The number of nitrogens with two attached hydrogens (primary N) is 2. The summed E-state index contributed by atoms with van der Waals surface area (Å²) in [5.74, 6) is -2.10. The van der Waals surface area contributed by atoms with Crippen LogP contribution in [0.25, 0.3) is 0 Å². The number of aliphatic hydroxyl groups excluding tert-OH is 4. The molecule has 0 fully saturated rings. The Bertz CT molecular complexity index is 434. The average Bonchev–Trinajstić information content (AvgIpc) is 2.59. The number of hydrogen-bond acceptors (Lipinski definition) is 9. The molecular formula is C12H25N5O7. The van der Waals surface area contributed by atoms with Gasteiger partial charge in [0.1, 0.15) is 12.2 Å². The van der Waals surface area contributed by atoms with Crippen LogP contribution in [-0.4, -0.2) is 96.0 Å². The standard InChI is InChI=1S/C12H25N5O7/c1-24-11(23)9(21)7(19)6(18)8(20)10(22)15-4-5-17-12(14)16-3-2-13/h6-9,18-21H,2-5,13H2,1H3,(H,15,22)(H3,14,16,17)/t6-,7+,8+,9-/m1/s1. The second-order valence-electron chi connectivity index (χ2n) is 4.67. The number of ether oxygens (including phenoxy) is 1. The molecule has 1 amide bonds. The molecule has 10 N–H and O–H groups in total. The first kappa shape index (κ1) is 22.0. The third-order valence-electron chi connectivity index (χ3n) is 2.85. The number of carbonyl (C=O) groups is 2. The van der Waals surface area contributed by atoms with E-state index in [9.17, 15) is 30.0 Å². The number of esters is 1. The van der Waals surface area contributed by atoms with Crippen LogP contribution in [0.1, 0.15) is 0 Å². The fraction of sp³-hybridized carbons (Fsp3) is 0.750. The van der Waals surface area contributed by atoms with E-state index in [-0.39, 0.29) is 19.0 Å². The van der Waals surface area contributed by atoms with E-state index in [1.165, 1.54) is 0 Å². The molecule has 24 heavy (non-hydrogen) atoms. The number of aliphatic imine (C=N–C) groups is 1. The summed E-state index contributed by atoms with van der Waals surface area (Å²) in [4.78, 5) is 26.5. The molecule has 0 heterocycles. The molecule has 0 spiro atoms. The van der Waals surface area contributed by atoms with E-state index >= 15 is 0 Å². The summed E-state index contributed by atoms with van der Waals surface area (Å²) in [6.07, 6.45) is -8.37. The number of aliphatic hydroxyl groups is 4. The summed E-state index contributed by atoms with van der Waals surface area (Å²) in [7, 11) is 0.962. The maximum absolute atomic E-state index is 11.6. The number of guanidine groups is 1. The van der Waals surface area contributed by atoms with Gasteiger partial charge in [0, 0.05) is 19.6 Å². The molecule has 0 bridgehead atoms. The lowest BCUT2D eigenvalue weighted by atomic mass is 10.0. The van der Waals surface area contributed by atoms with Crippen molar-refractivity contribution in [3.63, 3.8) is 0 Å². The first-order chi connectivity index (χ1) is 11.3. The lowest BCUT2D eigenvalue weighted by Crippen LogP contribution is -2.53. The predicted molar refractivity (Wildman–Crippen MR) is 82.6 cm³/mol. The van der Waals surface area contributed by atoms with Crippen LogP contribution in [0, 0.1) is 0 Å². The van der Waals surface area contributed by atoms with Crippen LogP contribution >= 0.6 is 0 Å². The van der Waals surface area contributed by atoms with Gasteiger partial charge in [-0.05, 0) is 0 Å². The summed E-state index contributed by atoms with van der Waals surface area (Å²) in [5.41, 5.74) is 10.7. The fourth-order valence-corrected chi connectivity index (χ4v) is 1.51. The molecule has 0 aliphatic rings. The minimum Gasteiger partial charge on any atom is -0.467 e. The molecule has 12 heteroatoms. The molecule has 0 aromatic rings. The highest BCUT2D eigenvalue weighted by Crippen LogP contribution is 2.06. The third-order valence-corrected chi connectivity index (χ3v) is 2.85. The maximum Gasteiger partial charge on any atom is 0.337 e. The van der Waals surface area contributed by atoms with Gasteiger partial charge in [0.2, 0.25) is 0 Å². The lowest BCUT2D eigenvalue weighted by Gasteiger charge is -2.24. The van der Waals surface area contributed by atoms with Crippen molar-refractivity contribution < 1.29 is 34.8 Å². The molecule has 0 aromatic heterocycles. The minimum absolute atomic E-state index is 0.0249. The Morgan fingerprint density at radius 2 is 1.62 bits per heavy atom. The van der Waals surface area contributed by atoms with E-state index in [0.717, 1.165) is 7.11 Å². The maximum atomic E-state index is 11.6. The zero-order valence-electron chi connectivity index (χ0n) is 13.3. The molecule has 0 unspecified atom stereocenters. The Labute approximate surface area is 138 Å². The van der Waals surface area contributed by atoms with Crippen LogP contribution in [0.2, 0.25) is 0 Å². The zero-order chi connectivity index (χ0) is 18.7. The molecule has 140 valence electrons. The van der Waals surface area contributed by atoms with Crippen molar-refractivity contribution in [1.29, 1.82) is 0 Å². The molecule has 4 atom stereocenters. The normalized spacial score (nSPS) is 16.7. The van der Waals surface area contributed by atoms with Gasteiger partial charge >= 0.3 is 5.97 Å². The van der Waals surface area contributed by atoms with E-state index in [4.69, 9.17) is 11.5 Å². The van der Waals surface area contributed by atoms with Gasteiger partial charge in [-0.1, -0.05) is 0 Å². The molecule has 0 saturated carbocycles. The van der Waals surface area contributed by atoms with Crippen LogP contribution in [0.15, 0.2) is 4.99 Å². The van der Waals surface area contributed by atoms with Crippen LogP contribution in [0.5, 0.6) is 0 Å². The highest BCUT2D eigenvalue weighted by molar-refractivity contribution is 5.82. The first-order valence-electron chi connectivity index (χ1n) is 7.07. The van der Waals surface area contributed by atoms with Crippen molar-refractivity contribution in [3.8, 4) is 0 Å². The Kier molecular flexibility index (Phi) is 10.6. The van der Waals surface area contributed by atoms with Gasteiger partial charge < -0.3 is 47.3 Å². The summed E-state index contributed by atoms with van der Waals surface area (Å²) in [6, 6.07) is 0. The van der Waals surface area contributed by atoms with Gasteiger partial charge in [0.15, 0.2) is 18.2 Å². The number of amides is 1. The molecular weight excluding hydrogens is 326 g/mol. The number of nitrogens with one attached hydrogen (secondary N) is 2. The van der Waals surface area contributed by atoms with E-state index in [2.05, 4.69) is 20.4 Å². The smallest absolute Gasteiger partial charge is 0.337 e. The quantitative estimate of drug-likeness (QED) is 0.0809. The average molecular weight is 351 g/mol. The van der Waals surface area contributed by atoms with Gasteiger partial charge in [-0.25, -0.2) is 4.79 Å². The third kappa shape index (κ3) is 7.52. The fourth-order valence-electron chi connectivity index (χ4n) is 1.51. The molecule has 0 aliphatic carbocycles. The van der Waals surface area contributed by atoms with E-state index < -0.39 is 36.3 Å². The van der Waals surface area contributed by atoms with Crippen molar-refractivity contribution in [2.75, 3.05) is 33.3 Å². The van der Waals surface area contributed by atoms with Gasteiger partial charge in [0.05, 0.1) is 13.7 Å². The number of hydrogen-bond donors (Lipinski definition) is 8. The highest BCUT2D eigenvalue weighted by Gasteiger charge is 2.37. The molecule has 0 rings (SSSR count). The van der Waals surface area contributed by atoms with Crippen molar-refractivity contribution in [3.05, 3.63) is 0 Å². The predicted octanol–water partition coefficient (Wildman–Crippen LogP) is -5.42. The molecule has 12 nitrogen and oxygen atoms in total. The monoisotopic (exact) mass is 351 g/mol. The minimum atomic E-state index is -2.10. The number of carbonyl (C=O) groups excluding carboxylic acids is 2. The van der Waals surface area contributed by atoms with Crippen LogP contribution in [0.4, 0.5) is 0 Å². The lowest BCUT2D eigenvalue weighted by molar-refractivity contribution is -0.169.